The molecular weight excluding hydrogens is 378 g/mol. The Morgan fingerprint density at radius 3 is 2.57 bits per heavy atom. The Morgan fingerprint density at radius 2 is 1.77 bits per heavy atom. The fourth-order valence-electron chi connectivity index (χ4n) is 3.79. The molecule has 158 valence electrons. The third kappa shape index (κ3) is 5.40. The molecule has 2 aliphatic heterocycles. The van der Waals surface area contributed by atoms with E-state index in [9.17, 15) is 4.79 Å². The Labute approximate surface area is 178 Å². The minimum absolute atomic E-state index is 0.0533. The molecule has 0 aliphatic carbocycles. The lowest BCUT2D eigenvalue weighted by Gasteiger charge is -2.33. The molecule has 30 heavy (non-hydrogen) atoms. The smallest absolute Gasteiger partial charge is 0.234 e. The Morgan fingerprint density at radius 1 is 1.03 bits per heavy atom. The van der Waals surface area contributed by atoms with Gasteiger partial charge in [0.15, 0.2) is 11.5 Å². The van der Waals surface area contributed by atoms with Crippen molar-refractivity contribution in [3.05, 3.63) is 65.7 Å². The Bertz CT molecular complexity index is 877. The zero-order valence-corrected chi connectivity index (χ0v) is 17.4. The number of piperazine rings is 1. The summed E-state index contributed by atoms with van der Waals surface area (Å²) in [5.41, 5.74) is 2.24. The molecule has 1 fully saturated rings. The van der Waals surface area contributed by atoms with E-state index in [1.54, 1.807) is 0 Å². The maximum absolute atomic E-state index is 12.5. The van der Waals surface area contributed by atoms with Gasteiger partial charge in [0.2, 0.25) is 12.7 Å². The van der Waals surface area contributed by atoms with Crippen molar-refractivity contribution in [3.63, 3.8) is 0 Å². The SMILES string of the molecule is C[C@H](NC(=O)CN1CCN(C/C=C/c2ccccc2)CC1)c1ccc2c(c1)OCO2. The summed E-state index contributed by atoms with van der Waals surface area (Å²) >= 11 is 0. The van der Waals surface area contributed by atoms with E-state index in [2.05, 4.69) is 51.5 Å². The van der Waals surface area contributed by atoms with E-state index >= 15 is 0 Å². The maximum atomic E-state index is 12.5. The molecule has 1 saturated heterocycles. The minimum Gasteiger partial charge on any atom is -0.454 e. The number of ether oxygens (including phenoxy) is 2. The molecule has 1 amide bonds. The van der Waals surface area contributed by atoms with Crippen molar-refractivity contribution in [2.75, 3.05) is 46.1 Å². The van der Waals surface area contributed by atoms with E-state index in [1.165, 1.54) is 5.56 Å². The van der Waals surface area contributed by atoms with Crippen LogP contribution in [0.25, 0.3) is 6.08 Å². The molecule has 6 heteroatoms. The molecule has 2 heterocycles. The van der Waals surface area contributed by atoms with Gasteiger partial charge in [-0.2, -0.15) is 0 Å². The lowest BCUT2D eigenvalue weighted by Crippen LogP contribution is -2.49. The number of benzene rings is 2. The topological polar surface area (TPSA) is 54.0 Å². The highest BCUT2D eigenvalue weighted by Crippen LogP contribution is 2.34. The first-order valence-electron chi connectivity index (χ1n) is 10.5. The van der Waals surface area contributed by atoms with E-state index in [1.807, 2.05) is 31.2 Å². The first-order chi connectivity index (χ1) is 14.7. The number of carbonyl (C=O) groups is 1. The van der Waals surface area contributed by atoms with Crippen molar-refractivity contribution in [2.24, 2.45) is 0 Å². The van der Waals surface area contributed by atoms with E-state index in [-0.39, 0.29) is 18.7 Å². The largest absolute Gasteiger partial charge is 0.454 e. The molecule has 2 aliphatic rings. The van der Waals surface area contributed by atoms with Crippen molar-refractivity contribution in [3.8, 4) is 11.5 Å². The summed E-state index contributed by atoms with van der Waals surface area (Å²) in [5, 5.41) is 3.10. The van der Waals surface area contributed by atoms with Gasteiger partial charge < -0.3 is 14.8 Å². The maximum Gasteiger partial charge on any atom is 0.234 e. The number of hydrogen-bond acceptors (Lipinski definition) is 5. The predicted octanol–water partition coefficient (Wildman–Crippen LogP) is 2.92. The van der Waals surface area contributed by atoms with Gasteiger partial charge in [0.25, 0.3) is 0 Å². The molecule has 0 saturated carbocycles. The second-order valence-corrected chi connectivity index (χ2v) is 7.79. The summed E-state index contributed by atoms with van der Waals surface area (Å²) in [6, 6.07) is 16.1. The Kier molecular flexibility index (Phi) is 6.67. The van der Waals surface area contributed by atoms with Crippen LogP contribution in [0.5, 0.6) is 11.5 Å². The van der Waals surface area contributed by atoms with Crippen LogP contribution >= 0.6 is 0 Å². The van der Waals surface area contributed by atoms with Gasteiger partial charge in [-0.3, -0.25) is 14.6 Å². The summed E-state index contributed by atoms with van der Waals surface area (Å²) in [7, 11) is 0. The summed E-state index contributed by atoms with van der Waals surface area (Å²) in [6.07, 6.45) is 4.38. The third-order valence-electron chi connectivity index (χ3n) is 5.58. The van der Waals surface area contributed by atoms with Gasteiger partial charge in [0, 0.05) is 32.7 Å². The molecule has 0 bridgehead atoms. The molecule has 4 rings (SSSR count). The fourth-order valence-corrected chi connectivity index (χ4v) is 3.79. The number of fused-ring (bicyclic) bond motifs is 1. The minimum atomic E-state index is -0.0728. The first kappa shape index (κ1) is 20.4. The first-order valence-corrected chi connectivity index (χ1v) is 10.5. The van der Waals surface area contributed by atoms with Crippen molar-refractivity contribution in [1.82, 2.24) is 15.1 Å². The molecular formula is C24H29N3O3. The number of amides is 1. The van der Waals surface area contributed by atoms with Gasteiger partial charge in [-0.05, 0) is 30.2 Å². The quantitative estimate of drug-likeness (QED) is 0.765. The molecule has 0 aromatic heterocycles. The van der Waals surface area contributed by atoms with Gasteiger partial charge >= 0.3 is 0 Å². The molecule has 2 aromatic carbocycles. The van der Waals surface area contributed by atoms with E-state index < -0.39 is 0 Å². The van der Waals surface area contributed by atoms with Gasteiger partial charge in [0.1, 0.15) is 0 Å². The fraction of sp³-hybridized carbons (Fsp3) is 0.375. The van der Waals surface area contributed by atoms with Crippen LogP contribution < -0.4 is 14.8 Å². The molecule has 1 N–H and O–H groups in total. The number of carbonyl (C=O) groups excluding carboxylic acids is 1. The average molecular weight is 408 g/mol. The zero-order valence-electron chi connectivity index (χ0n) is 17.4. The van der Waals surface area contributed by atoms with Crippen LogP contribution in [0.1, 0.15) is 24.1 Å². The normalized spacial score (nSPS) is 17.9. The summed E-state index contributed by atoms with van der Waals surface area (Å²) < 4.78 is 10.8. The highest BCUT2D eigenvalue weighted by atomic mass is 16.7. The standard InChI is InChI=1S/C24H29N3O3/c1-19(21-9-10-22-23(16-21)30-18-29-22)25-24(28)17-27-14-12-26(13-15-27)11-5-8-20-6-3-2-4-7-20/h2-10,16,19H,11-15,17-18H2,1H3,(H,25,28)/b8-5+/t19-/m0/s1. The van der Waals surface area contributed by atoms with Crippen LogP contribution in [0, 0.1) is 0 Å². The molecule has 6 nitrogen and oxygen atoms in total. The highest BCUT2D eigenvalue weighted by molar-refractivity contribution is 5.78. The Hall–Kier alpha value is -2.83. The van der Waals surface area contributed by atoms with E-state index in [4.69, 9.17) is 9.47 Å². The van der Waals surface area contributed by atoms with E-state index in [0.29, 0.717) is 6.54 Å². The lowest BCUT2D eigenvalue weighted by molar-refractivity contribution is -0.123. The van der Waals surface area contributed by atoms with Crippen LogP contribution in [0.15, 0.2) is 54.6 Å². The summed E-state index contributed by atoms with van der Waals surface area (Å²) in [5.74, 6) is 1.55. The van der Waals surface area contributed by atoms with E-state index in [0.717, 1.165) is 49.8 Å². The molecule has 0 unspecified atom stereocenters. The van der Waals surface area contributed by atoms with Crippen molar-refractivity contribution in [2.45, 2.75) is 13.0 Å². The molecule has 2 aromatic rings. The molecule has 1 atom stereocenters. The monoisotopic (exact) mass is 407 g/mol. The van der Waals surface area contributed by atoms with Crippen molar-refractivity contribution >= 4 is 12.0 Å². The average Bonchev–Trinajstić information content (AvgIpc) is 3.23. The number of nitrogens with zero attached hydrogens (tertiary/aromatic N) is 2. The summed E-state index contributed by atoms with van der Waals surface area (Å²) in [6.45, 7) is 7.39. The second-order valence-electron chi connectivity index (χ2n) is 7.79. The molecule has 0 spiro atoms. The Balaban J connectivity index is 1.18. The number of nitrogens with one attached hydrogen (secondary N) is 1. The lowest BCUT2D eigenvalue weighted by atomic mass is 10.1. The van der Waals surface area contributed by atoms with Crippen molar-refractivity contribution in [1.29, 1.82) is 0 Å². The summed E-state index contributed by atoms with van der Waals surface area (Å²) in [4.78, 5) is 17.1. The van der Waals surface area contributed by atoms with Gasteiger partial charge in [-0.1, -0.05) is 48.6 Å². The van der Waals surface area contributed by atoms with Gasteiger partial charge in [-0.25, -0.2) is 0 Å². The third-order valence-corrected chi connectivity index (χ3v) is 5.58. The second kappa shape index (κ2) is 9.78. The number of hydrogen-bond donors (Lipinski definition) is 1. The van der Waals surface area contributed by atoms with Crippen LogP contribution in [0.3, 0.4) is 0 Å². The zero-order chi connectivity index (χ0) is 20.8. The van der Waals surface area contributed by atoms with Crippen LogP contribution in [0.4, 0.5) is 0 Å². The van der Waals surface area contributed by atoms with Gasteiger partial charge in [0.05, 0.1) is 12.6 Å². The van der Waals surface area contributed by atoms with Crippen LogP contribution in [-0.2, 0) is 4.79 Å². The molecule has 0 radical (unpaired) electrons. The number of rotatable bonds is 7. The van der Waals surface area contributed by atoms with Crippen LogP contribution in [-0.4, -0.2) is 61.8 Å². The van der Waals surface area contributed by atoms with Gasteiger partial charge in [-0.15, -0.1) is 0 Å². The predicted molar refractivity (Wildman–Crippen MR) is 117 cm³/mol. The van der Waals surface area contributed by atoms with Crippen molar-refractivity contribution < 1.29 is 14.3 Å². The highest BCUT2D eigenvalue weighted by Gasteiger charge is 2.20. The van der Waals surface area contributed by atoms with Crippen LogP contribution in [0.2, 0.25) is 0 Å².